The summed E-state index contributed by atoms with van der Waals surface area (Å²) in [6.07, 6.45) is 4.75. The van der Waals surface area contributed by atoms with Crippen molar-refractivity contribution < 1.29 is 4.92 Å². The topological polar surface area (TPSA) is 60.4 Å². The fourth-order valence-electron chi connectivity index (χ4n) is 2.01. The number of aryl methyl sites for hydroxylation is 1. The SMILES string of the molecule is CCc1cn2cc(-c3cc([N+](=O)[O-])c(Cl)cc3Cl)nc2s1. The van der Waals surface area contributed by atoms with E-state index in [9.17, 15) is 10.1 Å². The Morgan fingerprint density at radius 3 is 2.71 bits per heavy atom. The van der Waals surface area contributed by atoms with Gasteiger partial charge in [-0.05, 0) is 12.5 Å². The number of halogens is 2. The number of nitro benzene ring substituents is 1. The Labute approximate surface area is 133 Å². The number of hydrogen-bond acceptors (Lipinski definition) is 4. The molecule has 5 nitrogen and oxygen atoms in total. The standard InChI is InChI=1S/C13H9Cl2N3O2S/c1-2-7-5-17-6-11(16-13(17)21-7)8-3-12(18(19)20)10(15)4-9(8)14/h3-6H,2H2,1H3. The van der Waals surface area contributed by atoms with Gasteiger partial charge in [0.1, 0.15) is 5.02 Å². The van der Waals surface area contributed by atoms with Gasteiger partial charge in [0.2, 0.25) is 0 Å². The number of rotatable bonds is 3. The van der Waals surface area contributed by atoms with Crippen LogP contribution in [-0.4, -0.2) is 14.3 Å². The summed E-state index contributed by atoms with van der Waals surface area (Å²) in [5.41, 5.74) is 0.914. The maximum Gasteiger partial charge on any atom is 0.288 e. The van der Waals surface area contributed by atoms with E-state index in [1.165, 1.54) is 17.0 Å². The number of benzene rings is 1. The number of aromatic nitrogens is 2. The van der Waals surface area contributed by atoms with Crippen LogP contribution in [0.25, 0.3) is 16.2 Å². The van der Waals surface area contributed by atoms with E-state index in [1.807, 2.05) is 16.8 Å². The minimum absolute atomic E-state index is 0.0167. The summed E-state index contributed by atoms with van der Waals surface area (Å²) in [5, 5.41) is 11.3. The molecule has 0 atom stereocenters. The summed E-state index contributed by atoms with van der Waals surface area (Å²) in [7, 11) is 0. The van der Waals surface area contributed by atoms with Crippen molar-refractivity contribution in [1.29, 1.82) is 0 Å². The Balaban J connectivity index is 2.14. The molecule has 3 aromatic rings. The summed E-state index contributed by atoms with van der Waals surface area (Å²) in [4.78, 5) is 17.0. The molecule has 0 aliphatic rings. The molecule has 2 heterocycles. The zero-order valence-corrected chi connectivity index (χ0v) is 13.2. The smallest absolute Gasteiger partial charge is 0.288 e. The first-order valence-corrected chi connectivity index (χ1v) is 7.68. The van der Waals surface area contributed by atoms with Crippen LogP contribution < -0.4 is 0 Å². The van der Waals surface area contributed by atoms with E-state index in [2.05, 4.69) is 11.9 Å². The molecular weight excluding hydrogens is 333 g/mol. The first-order valence-electron chi connectivity index (χ1n) is 6.10. The molecule has 108 valence electrons. The van der Waals surface area contributed by atoms with Crippen LogP contribution in [0, 0.1) is 10.1 Å². The number of fused-ring (bicyclic) bond motifs is 1. The molecule has 0 fully saturated rings. The van der Waals surface area contributed by atoms with Gasteiger partial charge in [-0.15, -0.1) is 11.3 Å². The second-order valence-corrected chi connectivity index (χ2v) is 6.32. The quantitative estimate of drug-likeness (QED) is 0.505. The number of nitrogens with zero attached hydrogens (tertiary/aromatic N) is 3. The molecule has 0 amide bonds. The summed E-state index contributed by atoms with van der Waals surface area (Å²) in [6.45, 7) is 2.08. The largest absolute Gasteiger partial charge is 0.297 e. The van der Waals surface area contributed by atoms with Gasteiger partial charge < -0.3 is 0 Å². The van der Waals surface area contributed by atoms with Crippen molar-refractivity contribution in [2.75, 3.05) is 0 Å². The van der Waals surface area contributed by atoms with Gasteiger partial charge in [0.05, 0.1) is 15.6 Å². The zero-order chi connectivity index (χ0) is 15.1. The Hall–Kier alpha value is -1.63. The molecule has 0 spiro atoms. The Bertz CT molecular complexity index is 825. The normalized spacial score (nSPS) is 11.2. The van der Waals surface area contributed by atoms with Crippen LogP contribution in [0.2, 0.25) is 10.0 Å². The van der Waals surface area contributed by atoms with Crippen molar-refractivity contribution in [3.63, 3.8) is 0 Å². The molecule has 0 N–H and O–H groups in total. The lowest BCUT2D eigenvalue weighted by Gasteiger charge is -2.02. The maximum atomic E-state index is 11.0. The van der Waals surface area contributed by atoms with Crippen LogP contribution in [0.3, 0.4) is 0 Å². The summed E-state index contributed by atoms with van der Waals surface area (Å²) in [5.74, 6) is 0. The molecule has 3 rings (SSSR count). The molecule has 0 radical (unpaired) electrons. The van der Waals surface area contributed by atoms with Crippen LogP contribution in [0.5, 0.6) is 0 Å². The average molecular weight is 342 g/mol. The van der Waals surface area contributed by atoms with Gasteiger partial charge in [-0.3, -0.25) is 14.5 Å². The second-order valence-electron chi connectivity index (χ2n) is 4.41. The van der Waals surface area contributed by atoms with Crippen molar-refractivity contribution in [3.05, 3.63) is 49.6 Å². The Morgan fingerprint density at radius 2 is 2.10 bits per heavy atom. The monoisotopic (exact) mass is 341 g/mol. The molecule has 0 unspecified atom stereocenters. The summed E-state index contributed by atoms with van der Waals surface area (Å²) >= 11 is 13.6. The fourth-order valence-corrected chi connectivity index (χ4v) is 3.46. The van der Waals surface area contributed by atoms with Crippen molar-refractivity contribution in [2.24, 2.45) is 0 Å². The van der Waals surface area contributed by atoms with Gasteiger partial charge >= 0.3 is 0 Å². The van der Waals surface area contributed by atoms with Crippen molar-refractivity contribution in [3.8, 4) is 11.3 Å². The first-order chi connectivity index (χ1) is 9.99. The average Bonchev–Trinajstić information content (AvgIpc) is 2.95. The van der Waals surface area contributed by atoms with Gasteiger partial charge in [-0.2, -0.15) is 0 Å². The number of hydrogen-bond donors (Lipinski definition) is 0. The van der Waals surface area contributed by atoms with Gasteiger partial charge in [0.15, 0.2) is 4.96 Å². The third-order valence-corrected chi connectivity index (χ3v) is 4.82. The lowest BCUT2D eigenvalue weighted by atomic mass is 10.1. The van der Waals surface area contributed by atoms with Gasteiger partial charge in [0, 0.05) is 28.9 Å². The van der Waals surface area contributed by atoms with Crippen LogP contribution in [0.1, 0.15) is 11.8 Å². The van der Waals surface area contributed by atoms with E-state index in [0.717, 1.165) is 11.4 Å². The van der Waals surface area contributed by atoms with E-state index in [4.69, 9.17) is 23.2 Å². The molecule has 8 heteroatoms. The van der Waals surface area contributed by atoms with Crippen molar-refractivity contribution >= 4 is 45.2 Å². The van der Waals surface area contributed by atoms with Crippen molar-refractivity contribution in [1.82, 2.24) is 9.38 Å². The lowest BCUT2D eigenvalue weighted by Crippen LogP contribution is -1.91. The zero-order valence-electron chi connectivity index (χ0n) is 10.8. The molecule has 0 bridgehead atoms. The Kier molecular flexibility index (Phi) is 3.61. The molecule has 2 aromatic heterocycles. The van der Waals surface area contributed by atoms with Crippen LogP contribution >= 0.6 is 34.5 Å². The van der Waals surface area contributed by atoms with Gasteiger partial charge in [-0.1, -0.05) is 30.1 Å². The predicted molar refractivity (Wildman–Crippen MR) is 84.6 cm³/mol. The lowest BCUT2D eigenvalue weighted by molar-refractivity contribution is -0.384. The highest BCUT2D eigenvalue weighted by Gasteiger charge is 2.19. The molecule has 1 aromatic carbocycles. The minimum atomic E-state index is -0.532. The number of nitro groups is 1. The molecule has 0 aliphatic carbocycles. The number of imidazole rings is 1. The predicted octanol–water partition coefficient (Wildman–Crippen LogP) is 4.84. The van der Waals surface area contributed by atoms with Crippen LogP contribution in [-0.2, 0) is 6.42 Å². The second kappa shape index (κ2) is 5.29. The van der Waals surface area contributed by atoms with Crippen molar-refractivity contribution in [2.45, 2.75) is 13.3 Å². The third kappa shape index (κ3) is 2.50. The molecule has 0 saturated heterocycles. The van der Waals surface area contributed by atoms with Gasteiger partial charge in [-0.25, -0.2) is 4.98 Å². The molecule has 0 aliphatic heterocycles. The van der Waals surface area contributed by atoms with E-state index in [1.54, 1.807) is 11.3 Å². The third-order valence-electron chi connectivity index (χ3n) is 3.06. The highest BCUT2D eigenvalue weighted by Crippen LogP contribution is 2.36. The van der Waals surface area contributed by atoms with E-state index in [0.29, 0.717) is 16.3 Å². The Morgan fingerprint density at radius 1 is 1.33 bits per heavy atom. The summed E-state index contributed by atoms with van der Waals surface area (Å²) < 4.78 is 1.90. The molecule has 0 saturated carbocycles. The van der Waals surface area contributed by atoms with E-state index < -0.39 is 4.92 Å². The summed E-state index contributed by atoms with van der Waals surface area (Å²) in [6, 6.07) is 2.74. The van der Waals surface area contributed by atoms with Crippen LogP contribution in [0.15, 0.2) is 24.5 Å². The van der Waals surface area contributed by atoms with E-state index in [-0.39, 0.29) is 10.7 Å². The molecule has 21 heavy (non-hydrogen) atoms. The van der Waals surface area contributed by atoms with E-state index >= 15 is 0 Å². The maximum absolute atomic E-state index is 11.0. The first kappa shape index (κ1) is 14.3. The number of thiazole rings is 1. The highest BCUT2D eigenvalue weighted by atomic mass is 35.5. The van der Waals surface area contributed by atoms with Crippen LogP contribution in [0.4, 0.5) is 5.69 Å². The minimum Gasteiger partial charge on any atom is -0.297 e. The highest BCUT2D eigenvalue weighted by molar-refractivity contribution is 7.17. The molecular formula is C13H9Cl2N3O2S. The van der Waals surface area contributed by atoms with Gasteiger partial charge in [0.25, 0.3) is 5.69 Å². The fraction of sp³-hybridized carbons (Fsp3) is 0.154.